The molecule has 1 aliphatic heterocycles. The van der Waals surface area contributed by atoms with Gasteiger partial charge < -0.3 is 19.5 Å². The molecule has 1 heterocycles. The monoisotopic (exact) mass is 285 g/mol. The fourth-order valence-electron chi connectivity index (χ4n) is 2.34. The summed E-state index contributed by atoms with van der Waals surface area (Å²) in [6, 6.07) is 12.5. The highest BCUT2D eigenvalue weighted by atomic mass is 16.7. The Morgan fingerprint density at radius 3 is 2.57 bits per heavy atom. The lowest BCUT2D eigenvalue weighted by Gasteiger charge is -2.09. The molecular formula is C17H19NO3. The van der Waals surface area contributed by atoms with Gasteiger partial charge in [0.1, 0.15) is 0 Å². The average Bonchev–Trinajstić information content (AvgIpc) is 2.97. The van der Waals surface area contributed by atoms with Gasteiger partial charge in [0, 0.05) is 13.1 Å². The van der Waals surface area contributed by atoms with Crippen LogP contribution in [0.4, 0.5) is 0 Å². The van der Waals surface area contributed by atoms with E-state index in [0.29, 0.717) is 5.75 Å². The van der Waals surface area contributed by atoms with Gasteiger partial charge in [-0.05, 0) is 30.2 Å². The third-order valence-electron chi connectivity index (χ3n) is 3.50. The van der Waals surface area contributed by atoms with Crippen molar-refractivity contribution in [2.45, 2.75) is 20.0 Å². The van der Waals surface area contributed by atoms with Gasteiger partial charge in [-0.1, -0.05) is 29.8 Å². The van der Waals surface area contributed by atoms with E-state index in [0.717, 1.165) is 30.2 Å². The zero-order valence-electron chi connectivity index (χ0n) is 12.3. The molecule has 0 amide bonds. The number of hydrogen-bond donors (Lipinski definition) is 1. The molecule has 110 valence electrons. The number of rotatable bonds is 5. The first-order chi connectivity index (χ1) is 10.3. The molecule has 0 aliphatic carbocycles. The maximum atomic E-state index is 5.43. The van der Waals surface area contributed by atoms with Crippen molar-refractivity contribution in [3.05, 3.63) is 53.1 Å². The number of hydrogen-bond acceptors (Lipinski definition) is 4. The van der Waals surface area contributed by atoms with Gasteiger partial charge in [0.05, 0.1) is 7.11 Å². The summed E-state index contributed by atoms with van der Waals surface area (Å²) in [7, 11) is 1.64. The molecule has 0 saturated heterocycles. The third-order valence-corrected chi connectivity index (χ3v) is 3.50. The minimum absolute atomic E-state index is 0.256. The largest absolute Gasteiger partial charge is 0.493 e. The van der Waals surface area contributed by atoms with E-state index in [4.69, 9.17) is 14.2 Å². The van der Waals surface area contributed by atoms with Crippen LogP contribution in [0.15, 0.2) is 36.4 Å². The quantitative estimate of drug-likeness (QED) is 0.916. The van der Waals surface area contributed by atoms with Crippen LogP contribution in [-0.2, 0) is 13.1 Å². The second-order valence-electron chi connectivity index (χ2n) is 5.12. The predicted molar refractivity (Wildman–Crippen MR) is 80.8 cm³/mol. The van der Waals surface area contributed by atoms with E-state index in [9.17, 15) is 0 Å². The number of fused-ring (bicyclic) bond motifs is 1. The first-order valence-electron chi connectivity index (χ1n) is 6.99. The van der Waals surface area contributed by atoms with Crippen molar-refractivity contribution >= 4 is 0 Å². The van der Waals surface area contributed by atoms with Gasteiger partial charge in [0.25, 0.3) is 0 Å². The SMILES string of the molecule is COc1cc(CNCc2ccc(C)cc2)cc2c1OCO2. The summed E-state index contributed by atoms with van der Waals surface area (Å²) >= 11 is 0. The van der Waals surface area contributed by atoms with E-state index >= 15 is 0 Å². The van der Waals surface area contributed by atoms with Crippen LogP contribution in [0.2, 0.25) is 0 Å². The van der Waals surface area contributed by atoms with Crippen LogP contribution in [0, 0.1) is 6.92 Å². The molecule has 1 N–H and O–H groups in total. The summed E-state index contributed by atoms with van der Waals surface area (Å²) in [6.45, 7) is 3.93. The normalized spacial score (nSPS) is 12.5. The van der Waals surface area contributed by atoms with Crippen LogP contribution < -0.4 is 19.5 Å². The van der Waals surface area contributed by atoms with E-state index in [1.807, 2.05) is 12.1 Å². The molecule has 0 spiro atoms. The smallest absolute Gasteiger partial charge is 0.231 e. The van der Waals surface area contributed by atoms with Crippen LogP contribution >= 0.6 is 0 Å². The van der Waals surface area contributed by atoms with Gasteiger partial charge in [0.2, 0.25) is 12.5 Å². The van der Waals surface area contributed by atoms with Crippen molar-refractivity contribution in [3.8, 4) is 17.2 Å². The third kappa shape index (κ3) is 3.11. The van der Waals surface area contributed by atoms with Crippen molar-refractivity contribution < 1.29 is 14.2 Å². The zero-order valence-corrected chi connectivity index (χ0v) is 12.3. The van der Waals surface area contributed by atoms with E-state index < -0.39 is 0 Å². The lowest BCUT2D eigenvalue weighted by molar-refractivity contribution is 0.171. The lowest BCUT2D eigenvalue weighted by Crippen LogP contribution is -2.12. The topological polar surface area (TPSA) is 39.7 Å². The molecule has 3 rings (SSSR count). The molecule has 0 fully saturated rings. The summed E-state index contributed by atoms with van der Waals surface area (Å²) in [6.07, 6.45) is 0. The van der Waals surface area contributed by atoms with E-state index in [2.05, 4.69) is 36.5 Å². The molecule has 4 heteroatoms. The van der Waals surface area contributed by atoms with Crippen molar-refractivity contribution in [2.24, 2.45) is 0 Å². The highest BCUT2D eigenvalue weighted by Crippen LogP contribution is 2.41. The molecule has 0 unspecified atom stereocenters. The fourth-order valence-corrected chi connectivity index (χ4v) is 2.34. The van der Waals surface area contributed by atoms with E-state index in [1.165, 1.54) is 11.1 Å². The Morgan fingerprint density at radius 1 is 1.05 bits per heavy atom. The van der Waals surface area contributed by atoms with Crippen molar-refractivity contribution in [3.63, 3.8) is 0 Å². The molecule has 1 aliphatic rings. The standard InChI is InChI=1S/C17H19NO3/c1-12-3-5-13(6-4-12)9-18-10-14-7-15(19-2)17-16(8-14)20-11-21-17/h3-8,18H,9-11H2,1-2H3. The van der Waals surface area contributed by atoms with Gasteiger partial charge >= 0.3 is 0 Å². The maximum absolute atomic E-state index is 5.43. The molecule has 0 radical (unpaired) electrons. The second kappa shape index (κ2) is 6.06. The molecule has 0 bridgehead atoms. The average molecular weight is 285 g/mol. The first kappa shape index (κ1) is 13.8. The van der Waals surface area contributed by atoms with Crippen LogP contribution in [0.1, 0.15) is 16.7 Å². The predicted octanol–water partition coefficient (Wildman–Crippen LogP) is 3.02. The van der Waals surface area contributed by atoms with Gasteiger partial charge in [-0.2, -0.15) is 0 Å². The maximum Gasteiger partial charge on any atom is 0.231 e. The summed E-state index contributed by atoms with van der Waals surface area (Å²) in [5, 5.41) is 3.43. The van der Waals surface area contributed by atoms with Gasteiger partial charge in [-0.25, -0.2) is 0 Å². The van der Waals surface area contributed by atoms with Crippen LogP contribution in [0.5, 0.6) is 17.2 Å². The minimum Gasteiger partial charge on any atom is -0.493 e. The second-order valence-corrected chi connectivity index (χ2v) is 5.12. The Morgan fingerprint density at radius 2 is 1.81 bits per heavy atom. The number of nitrogens with one attached hydrogen (secondary N) is 1. The summed E-state index contributed by atoms with van der Waals surface area (Å²) < 4.78 is 16.2. The Labute approximate surface area is 124 Å². The van der Waals surface area contributed by atoms with Gasteiger partial charge in [-0.15, -0.1) is 0 Å². The number of methoxy groups -OCH3 is 1. The Bertz CT molecular complexity index is 623. The summed E-state index contributed by atoms with van der Waals surface area (Å²) in [5.41, 5.74) is 3.66. The highest BCUT2D eigenvalue weighted by Gasteiger charge is 2.19. The molecular weight excluding hydrogens is 266 g/mol. The first-order valence-corrected chi connectivity index (χ1v) is 6.99. The minimum atomic E-state index is 0.256. The van der Waals surface area contributed by atoms with Crippen molar-refractivity contribution in [1.29, 1.82) is 0 Å². The summed E-state index contributed by atoms with van der Waals surface area (Å²) in [4.78, 5) is 0. The molecule has 2 aromatic rings. The van der Waals surface area contributed by atoms with Crippen LogP contribution in [0.3, 0.4) is 0 Å². The van der Waals surface area contributed by atoms with Crippen molar-refractivity contribution in [2.75, 3.05) is 13.9 Å². The van der Waals surface area contributed by atoms with Crippen LogP contribution in [-0.4, -0.2) is 13.9 Å². The van der Waals surface area contributed by atoms with Gasteiger partial charge in [0.15, 0.2) is 11.5 Å². The van der Waals surface area contributed by atoms with Crippen LogP contribution in [0.25, 0.3) is 0 Å². The Kier molecular flexibility index (Phi) is 3.97. The fraction of sp³-hybridized carbons (Fsp3) is 0.294. The van der Waals surface area contributed by atoms with Crippen molar-refractivity contribution in [1.82, 2.24) is 5.32 Å². The Balaban J connectivity index is 1.64. The molecule has 21 heavy (non-hydrogen) atoms. The molecule has 4 nitrogen and oxygen atoms in total. The lowest BCUT2D eigenvalue weighted by atomic mass is 10.1. The molecule has 0 aromatic heterocycles. The molecule has 0 atom stereocenters. The summed E-state index contributed by atoms with van der Waals surface area (Å²) in [5.74, 6) is 2.17. The van der Waals surface area contributed by atoms with Gasteiger partial charge in [-0.3, -0.25) is 0 Å². The zero-order chi connectivity index (χ0) is 14.7. The number of aryl methyl sites for hydroxylation is 1. The number of benzene rings is 2. The molecule has 0 saturated carbocycles. The highest BCUT2D eigenvalue weighted by molar-refractivity contribution is 5.55. The Hall–Kier alpha value is -2.20. The number of ether oxygens (including phenoxy) is 3. The molecule has 2 aromatic carbocycles. The van der Waals surface area contributed by atoms with E-state index in [1.54, 1.807) is 7.11 Å². The van der Waals surface area contributed by atoms with E-state index in [-0.39, 0.29) is 6.79 Å².